The van der Waals surface area contributed by atoms with Gasteiger partial charge in [-0.05, 0) is 42.0 Å². The van der Waals surface area contributed by atoms with Crippen molar-refractivity contribution in [3.8, 4) is 11.5 Å². The lowest BCUT2D eigenvalue weighted by atomic mass is 10.2. The van der Waals surface area contributed by atoms with E-state index in [9.17, 15) is 9.59 Å². The van der Waals surface area contributed by atoms with Crippen molar-refractivity contribution in [1.29, 1.82) is 0 Å². The maximum absolute atomic E-state index is 12.1. The molecule has 0 spiro atoms. The number of hydrogen-bond donors (Lipinski definition) is 2. The molecule has 0 fully saturated rings. The van der Waals surface area contributed by atoms with Gasteiger partial charge in [0.25, 0.3) is 11.8 Å². The minimum Gasteiger partial charge on any atom is -0.489 e. The van der Waals surface area contributed by atoms with Gasteiger partial charge in [0, 0.05) is 5.56 Å². The van der Waals surface area contributed by atoms with Crippen molar-refractivity contribution in [3.63, 3.8) is 0 Å². The van der Waals surface area contributed by atoms with E-state index in [0.717, 1.165) is 5.56 Å². The van der Waals surface area contributed by atoms with Gasteiger partial charge in [-0.3, -0.25) is 20.4 Å². The molecule has 0 saturated heterocycles. The Labute approximate surface area is 173 Å². The van der Waals surface area contributed by atoms with Crippen LogP contribution in [0.1, 0.15) is 15.9 Å². The predicted molar refractivity (Wildman–Crippen MR) is 110 cm³/mol. The molecule has 0 saturated carbocycles. The van der Waals surface area contributed by atoms with E-state index in [-0.39, 0.29) is 6.61 Å². The summed E-state index contributed by atoms with van der Waals surface area (Å²) in [4.78, 5) is 24.0. The van der Waals surface area contributed by atoms with E-state index in [1.807, 2.05) is 30.3 Å². The average molecular weight is 411 g/mol. The standard InChI is InChI=1S/C22H19ClN2O4/c23-19-8-4-5-9-20(19)29-15-21(26)24-25-22(27)17-10-12-18(13-11-17)28-14-16-6-2-1-3-7-16/h1-13H,14-15H2,(H,24,26)(H,25,27). The molecular weight excluding hydrogens is 392 g/mol. The highest BCUT2D eigenvalue weighted by Gasteiger charge is 2.09. The van der Waals surface area contributed by atoms with Crippen LogP contribution in [0, 0.1) is 0 Å². The molecule has 3 aromatic rings. The maximum Gasteiger partial charge on any atom is 0.276 e. The molecule has 0 aliphatic carbocycles. The van der Waals surface area contributed by atoms with Crippen molar-refractivity contribution in [1.82, 2.24) is 10.9 Å². The zero-order valence-corrected chi connectivity index (χ0v) is 16.2. The second-order valence-corrected chi connectivity index (χ2v) is 6.43. The highest BCUT2D eigenvalue weighted by Crippen LogP contribution is 2.22. The number of benzene rings is 3. The second kappa shape index (κ2) is 10.1. The zero-order chi connectivity index (χ0) is 20.5. The number of hydrogen-bond acceptors (Lipinski definition) is 4. The first-order valence-corrected chi connectivity index (χ1v) is 9.23. The third-order valence-electron chi connectivity index (χ3n) is 3.88. The van der Waals surface area contributed by atoms with E-state index in [2.05, 4.69) is 10.9 Å². The molecule has 0 unspecified atom stereocenters. The lowest BCUT2D eigenvalue weighted by Gasteiger charge is -2.10. The van der Waals surface area contributed by atoms with Crippen molar-refractivity contribution < 1.29 is 19.1 Å². The Morgan fingerprint density at radius 3 is 2.21 bits per heavy atom. The van der Waals surface area contributed by atoms with E-state index < -0.39 is 11.8 Å². The molecule has 2 N–H and O–H groups in total. The lowest BCUT2D eigenvalue weighted by molar-refractivity contribution is -0.123. The monoisotopic (exact) mass is 410 g/mol. The first kappa shape index (κ1) is 20.2. The molecule has 3 aromatic carbocycles. The first-order valence-electron chi connectivity index (χ1n) is 8.85. The third kappa shape index (κ3) is 6.26. The predicted octanol–water partition coefficient (Wildman–Crippen LogP) is 3.76. The van der Waals surface area contributed by atoms with Gasteiger partial charge >= 0.3 is 0 Å². The highest BCUT2D eigenvalue weighted by molar-refractivity contribution is 6.32. The van der Waals surface area contributed by atoms with Gasteiger partial charge in [0.05, 0.1) is 5.02 Å². The van der Waals surface area contributed by atoms with Crippen LogP contribution < -0.4 is 20.3 Å². The molecule has 0 heterocycles. The van der Waals surface area contributed by atoms with Crippen LogP contribution in [0.15, 0.2) is 78.9 Å². The molecule has 0 aliphatic rings. The Morgan fingerprint density at radius 2 is 1.48 bits per heavy atom. The number of rotatable bonds is 7. The highest BCUT2D eigenvalue weighted by atomic mass is 35.5. The molecule has 0 radical (unpaired) electrons. The fourth-order valence-electron chi connectivity index (χ4n) is 2.38. The number of hydrazine groups is 1. The fourth-order valence-corrected chi connectivity index (χ4v) is 2.57. The molecule has 0 aromatic heterocycles. The molecule has 7 heteroatoms. The Kier molecular flexibility index (Phi) is 7.08. The number of carbonyl (C=O) groups is 2. The minimum absolute atomic E-state index is 0.281. The lowest BCUT2D eigenvalue weighted by Crippen LogP contribution is -2.43. The number of nitrogens with one attached hydrogen (secondary N) is 2. The van der Waals surface area contributed by atoms with Crippen molar-refractivity contribution >= 4 is 23.4 Å². The number of halogens is 1. The van der Waals surface area contributed by atoms with Gasteiger partial charge in [0.15, 0.2) is 6.61 Å². The third-order valence-corrected chi connectivity index (χ3v) is 4.19. The number of ether oxygens (including phenoxy) is 2. The van der Waals surface area contributed by atoms with Crippen LogP contribution in [0.5, 0.6) is 11.5 Å². The zero-order valence-electron chi connectivity index (χ0n) is 15.4. The fraction of sp³-hybridized carbons (Fsp3) is 0.0909. The summed E-state index contributed by atoms with van der Waals surface area (Å²) >= 11 is 5.95. The summed E-state index contributed by atoms with van der Waals surface area (Å²) < 4.78 is 11.0. The summed E-state index contributed by atoms with van der Waals surface area (Å²) in [7, 11) is 0. The van der Waals surface area contributed by atoms with Crippen molar-refractivity contribution in [3.05, 3.63) is 95.0 Å². The molecule has 0 atom stereocenters. The van der Waals surface area contributed by atoms with Crippen LogP contribution in [0.3, 0.4) is 0 Å². The summed E-state index contributed by atoms with van der Waals surface area (Å²) in [5.41, 5.74) is 6.06. The van der Waals surface area contributed by atoms with Gasteiger partial charge in [0.1, 0.15) is 18.1 Å². The molecular formula is C22H19ClN2O4. The molecule has 3 rings (SSSR count). The smallest absolute Gasteiger partial charge is 0.276 e. The van der Waals surface area contributed by atoms with E-state index in [1.165, 1.54) is 0 Å². The largest absolute Gasteiger partial charge is 0.489 e. The van der Waals surface area contributed by atoms with Gasteiger partial charge in [-0.15, -0.1) is 0 Å². The second-order valence-electron chi connectivity index (χ2n) is 6.02. The SMILES string of the molecule is O=C(COc1ccccc1Cl)NNC(=O)c1ccc(OCc2ccccc2)cc1. The summed E-state index contributed by atoms with van der Waals surface area (Å²) in [6, 6.07) is 23.2. The average Bonchev–Trinajstić information content (AvgIpc) is 2.76. The minimum atomic E-state index is -0.513. The summed E-state index contributed by atoms with van der Waals surface area (Å²) in [5, 5.41) is 0.402. The van der Waals surface area contributed by atoms with Gasteiger partial charge < -0.3 is 9.47 Å². The van der Waals surface area contributed by atoms with Crippen LogP contribution >= 0.6 is 11.6 Å². The van der Waals surface area contributed by atoms with Crippen molar-refractivity contribution in [2.24, 2.45) is 0 Å². The number of carbonyl (C=O) groups excluding carboxylic acids is 2. The van der Waals surface area contributed by atoms with Crippen LogP contribution in [0.2, 0.25) is 5.02 Å². The van der Waals surface area contributed by atoms with Gasteiger partial charge in [-0.1, -0.05) is 54.1 Å². The van der Waals surface area contributed by atoms with E-state index >= 15 is 0 Å². The van der Waals surface area contributed by atoms with E-state index in [1.54, 1.807) is 48.5 Å². The van der Waals surface area contributed by atoms with E-state index in [4.69, 9.17) is 21.1 Å². The summed E-state index contributed by atoms with van der Waals surface area (Å²) in [6.07, 6.45) is 0. The Morgan fingerprint density at radius 1 is 0.793 bits per heavy atom. The van der Waals surface area contributed by atoms with Gasteiger partial charge in [0.2, 0.25) is 0 Å². The number of para-hydroxylation sites is 1. The molecule has 29 heavy (non-hydrogen) atoms. The molecule has 0 aliphatic heterocycles. The number of amides is 2. The quantitative estimate of drug-likeness (QED) is 0.581. The Bertz CT molecular complexity index is 962. The Balaban J connectivity index is 1.43. The first-order chi connectivity index (χ1) is 14.1. The normalized spacial score (nSPS) is 10.1. The maximum atomic E-state index is 12.1. The van der Waals surface area contributed by atoms with Gasteiger partial charge in [-0.25, -0.2) is 0 Å². The molecule has 148 valence electrons. The van der Waals surface area contributed by atoms with Crippen molar-refractivity contribution in [2.45, 2.75) is 6.61 Å². The van der Waals surface area contributed by atoms with Gasteiger partial charge in [-0.2, -0.15) is 0 Å². The van der Waals surface area contributed by atoms with E-state index in [0.29, 0.717) is 28.7 Å². The summed E-state index contributed by atoms with van der Waals surface area (Å²) in [6.45, 7) is 0.157. The van der Waals surface area contributed by atoms with Crippen LogP contribution in [0.25, 0.3) is 0 Å². The molecule has 6 nitrogen and oxygen atoms in total. The topological polar surface area (TPSA) is 76.7 Å². The van der Waals surface area contributed by atoms with Crippen LogP contribution in [-0.4, -0.2) is 18.4 Å². The van der Waals surface area contributed by atoms with Crippen LogP contribution in [0.4, 0.5) is 0 Å². The van der Waals surface area contributed by atoms with Crippen LogP contribution in [-0.2, 0) is 11.4 Å². The summed E-state index contributed by atoms with van der Waals surface area (Å²) in [5.74, 6) is 0.0658. The molecule has 2 amide bonds. The Hall–Kier alpha value is -3.51. The van der Waals surface area contributed by atoms with Crippen molar-refractivity contribution in [2.75, 3.05) is 6.61 Å². The molecule has 0 bridgehead atoms.